The first-order valence-corrected chi connectivity index (χ1v) is 12.7. The van der Waals surface area contributed by atoms with Gasteiger partial charge in [0.25, 0.3) is 0 Å². The van der Waals surface area contributed by atoms with Gasteiger partial charge in [0, 0.05) is 22.0 Å². The molecule has 0 saturated carbocycles. The minimum absolute atomic E-state index is 0.0434. The van der Waals surface area contributed by atoms with Crippen LogP contribution in [0, 0.1) is 5.92 Å². The predicted octanol–water partition coefficient (Wildman–Crippen LogP) is 7.87. The minimum Gasteiger partial charge on any atom is -0.393 e. The molecule has 1 amide bonds. The van der Waals surface area contributed by atoms with Crippen molar-refractivity contribution in [2.24, 2.45) is 5.92 Å². The molecule has 1 aliphatic heterocycles. The normalized spacial score (nSPS) is 19.9. The van der Waals surface area contributed by atoms with Gasteiger partial charge in [0.2, 0.25) is 5.91 Å². The molecule has 180 valence electrons. The molecular weight excluding hydrogens is 453 g/mol. The topological polar surface area (TPSA) is 40.5 Å². The van der Waals surface area contributed by atoms with Crippen LogP contribution >= 0.6 is 23.2 Å². The lowest BCUT2D eigenvalue weighted by Crippen LogP contribution is -2.48. The first kappa shape index (κ1) is 27.4. The van der Waals surface area contributed by atoms with E-state index in [1.165, 1.54) is 0 Å². The van der Waals surface area contributed by atoms with Gasteiger partial charge >= 0.3 is 0 Å². The molecule has 0 radical (unpaired) electrons. The first-order valence-electron chi connectivity index (χ1n) is 11.9. The Morgan fingerprint density at radius 1 is 1.06 bits per heavy atom. The Morgan fingerprint density at radius 2 is 1.70 bits per heavy atom. The molecule has 2 aromatic carbocycles. The fraction of sp³-hybridized carbons (Fsp3) is 0.464. The number of hydrogen-bond acceptors (Lipinski definition) is 2. The molecule has 3 nitrogen and oxygen atoms in total. The van der Waals surface area contributed by atoms with Crippen LogP contribution in [0.5, 0.6) is 0 Å². The molecule has 2 aromatic rings. The second-order valence-corrected chi connectivity index (χ2v) is 9.62. The van der Waals surface area contributed by atoms with Crippen LogP contribution in [0.2, 0.25) is 10.0 Å². The fourth-order valence-corrected chi connectivity index (χ4v) is 4.73. The van der Waals surface area contributed by atoms with Crippen molar-refractivity contribution in [3.8, 4) is 0 Å². The number of halogens is 2. The number of carbonyl (C=O) groups excluding carboxylic acids is 1. The summed E-state index contributed by atoms with van der Waals surface area (Å²) in [7, 11) is 0. The van der Waals surface area contributed by atoms with Crippen LogP contribution in [0.3, 0.4) is 0 Å². The van der Waals surface area contributed by atoms with Crippen molar-refractivity contribution in [3.63, 3.8) is 0 Å². The van der Waals surface area contributed by atoms with Gasteiger partial charge in [0.1, 0.15) is 0 Å². The Labute approximate surface area is 209 Å². The van der Waals surface area contributed by atoms with E-state index in [2.05, 4.69) is 18.4 Å². The van der Waals surface area contributed by atoms with Crippen LogP contribution in [0.25, 0.3) is 0 Å². The van der Waals surface area contributed by atoms with Gasteiger partial charge in [-0.25, -0.2) is 0 Å². The highest BCUT2D eigenvalue weighted by atomic mass is 35.5. The number of amides is 1. The number of nitrogens with zero attached hydrogens (tertiary/aromatic N) is 1. The summed E-state index contributed by atoms with van der Waals surface area (Å²) in [5, 5.41) is 11.1. The Kier molecular flexibility index (Phi) is 12.0. The van der Waals surface area contributed by atoms with E-state index in [-0.39, 0.29) is 30.0 Å². The minimum atomic E-state index is -0.287. The number of carbonyl (C=O) groups is 1. The third-order valence-electron chi connectivity index (χ3n) is 6.19. The second kappa shape index (κ2) is 14.5. The maximum Gasteiger partial charge on any atom is 0.226 e. The van der Waals surface area contributed by atoms with Gasteiger partial charge in [-0.15, -0.1) is 6.58 Å². The molecule has 4 unspecified atom stereocenters. The van der Waals surface area contributed by atoms with Gasteiger partial charge in [0.15, 0.2) is 0 Å². The molecule has 4 atom stereocenters. The van der Waals surface area contributed by atoms with Crippen molar-refractivity contribution in [2.75, 3.05) is 0 Å². The van der Waals surface area contributed by atoms with Gasteiger partial charge in [0.05, 0.1) is 12.1 Å². The van der Waals surface area contributed by atoms with Gasteiger partial charge in [-0.05, 0) is 81.7 Å². The molecule has 5 heteroatoms. The van der Waals surface area contributed by atoms with Gasteiger partial charge in [-0.2, -0.15) is 0 Å². The predicted molar refractivity (Wildman–Crippen MR) is 140 cm³/mol. The van der Waals surface area contributed by atoms with E-state index in [0.29, 0.717) is 0 Å². The van der Waals surface area contributed by atoms with Crippen molar-refractivity contribution >= 4 is 29.1 Å². The fourth-order valence-electron chi connectivity index (χ4n) is 4.46. The maximum absolute atomic E-state index is 13.3. The maximum atomic E-state index is 13.3. The molecule has 1 saturated heterocycles. The molecule has 0 bridgehead atoms. The Bertz CT molecular complexity index is 839. The number of hydrogen-bond donors (Lipinski definition) is 1. The largest absolute Gasteiger partial charge is 0.393 e. The van der Waals surface area contributed by atoms with Crippen LogP contribution in [0.15, 0.2) is 67.3 Å². The van der Waals surface area contributed by atoms with Crippen LogP contribution in [-0.4, -0.2) is 28.1 Å². The molecular formula is C28H37Cl2NO2. The third kappa shape index (κ3) is 8.81. The van der Waals surface area contributed by atoms with Crippen LogP contribution in [0.4, 0.5) is 0 Å². The first-order chi connectivity index (χ1) is 15.9. The number of allylic oxidation sites excluding steroid dienone is 1. The number of rotatable bonds is 9. The number of likely N-dealkylation sites (tertiary alicyclic amines) is 1. The van der Waals surface area contributed by atoms with E-state index < -0.39 is 0 Å². The lowest BCUT2D eigenvalue weighted by atomic mass is 9.84. The van der Waals surface area contributed by atoms with E-state index in [0.717, 1.165) is 60.6 Å². The summed E-state index contributed by atoms with van der Waals surface area (Å²) in [6, 6.07) is 17.7. The van der Waals surface area contributed by atoms with E-state index in [1.54, 1.807) is 0 Å². The lowest BCUT2D eigenvalue weighted by Gasteiger charge is -2.44. The molecule has 1 aliphatic rings. The van der Waals surface area contributed by atoms with Crippen molar-refractivity contribution < 1.29 is 9.90 Å². The van der Waals surface area contributed by atoms with Crippen LogP contribution in [-0.2, 0) is 4.79 Å². The van der Waals surface area contributed by atoms with Crippen molar-refractivity contribution in [2.45, 2.75) is 77.0 Å². The summed E-state index contributed by atoms with van der Waals surface area (Å²) >= 11 is 11.6. The van der Waals surface area contributed by atoms with Crippen LogP contribution in [0.1, 0.15) is 70.4 Å². The van der Waals surface area contributed by atoms with E-state index in [9.17, 15) is 9.90 Å². The zero-order valence-corrected chi connectivity index (χ0v) is 21.3. The zero-order chi connectivity index (χ0) is 24.2. The van der Waals surface area contributed by atoms with Crippen LogP contribution < -0.4 is 0 Å². The van der Waals surface area contributed by atoms with E-state index in [4.69, 9.17) is 23.2 Å². The monoisotopic (exact) mass is 489 g/mol. The van der Waals surface area contributed by atoms with Crippen molar-refractivity contribution in [1.29, 1.82) is 0 Å². The number of piperidine rings is 1. The Morgan fingerprint density at radius 3 is 2.21 bits per heavy atom. The summed E-state index contributed by atoms with van der Waals surface area (Å²) in [6.45, 7) is 7.79. The zero-order valence-electron chi connectivity index (χ0n) is 19.8. The molecule has 1 heterocycles. The molecule has 3 rings (SSSR count). The average molecular weight is 491 g/mol. The van der Waals surface area contributed by atoms with Gasteiger partial charge < -0.3 is 10.0 Å². The summed E-state index contributed by atoms with van der Waals surface area (Å²) < 4.78 is 0. The smallest absolute Gasteiger partial charge is 0.226 e. The summed E-state index contributed by atoms with van der Waals surface area (Å²) in [4.78, 5) is 15.4. The highest BCUT2D eigenvalue weighted by Crippen LogP contribution is 2.39. The summed E-state index contributed by atoms with van der Waals surface area (Å²) in [5.41, 5.74) is 1.16. The SMILES string of the molecule is C=CCC1CCC(c2ccc(Cl)cc2)N(C(CC)CCCC(C)O)C1=O.Clc1ccccc1. The quantitative estimate of drug-likeness (QED) is 0.364. The van der Waals surface area contributed by atoms with Crippen molar-refractivity contribution in [3.05, 3.63) is 82.9 Å². The molecule has 0 aromatic heterocycles. The summed E-state index contributed by atoms with van der Waals surface area (Å²) in [5.74, 6) is 0.293. The third-order valence-corrected chi connectivity index (χ3v) is 6.69. The van der Waals surface area contributed by atoms with Gasteiger partial charge in [-0.3, -0.25) is 4.79 Å². The Balaban J connectivity index is 0.000000468. The molecule has 33 heavy (non-hydrogen) atoms. The molecule has 0 aliphatic carbocycles. The highest BCUT2D eigenvalue weighted by molar-refractivity contribution is 6.30. The average Bonchev–Trinajstić information content (AvgIpc) is 2.80. The molecule has 1 fully saturated rings. The lowest BCUT2D eigenvalue weighted by molar-refractivity contribution is -0.145. The van der Waals surface area contributed by atoms with Gasteiger partial charge in [-0.1, -0.05) is 66.5 Å². The van der Waals surface area contributed by atoms with Crippen molar-refractivity contribution in [1.82, 2.24) is 4.90 Å². The molecule has 1 N–H and O–H groups in total. The summed E-state index contributed by atoms with van der Waals surface area (Å²) in [6.07, 6.45) is 7.75. The molecule has 0 spiro atoms. The number of aliphatic hydroxyl groups excluding tert-OH is 1. The highest BCUT2D eigenvalue weighted by Gasteiger charge is 2.38. The number of benzene rings is 2. The Hall–Kier alpha value is -1.81. The van der Waals surface area contributed by atoms with E-state index in [1.807, 2.05) is 67.6 Å². The standard InChI is InChI=1S/C22H32ClNO2.C6H5Cl/c1-4-7-18-12-15-21(17-10-13-19(23)14-11-17)24(22(18)26)20(5-2)9-6-8-16(3)25;7-6-4-2-1-3-5-6/h4,10-11,13-14,16,18,20-21,25H,1,5-9,12,15H2,2-3H3;1-5H. The van der Waals surface area contributed by atoms with E-state index >= 15 is 0 Å². The second-order valence-electron chi connectivity index (χ2n) is 8.75. The number of aliphatic hydroxyl groups is 1.